The van der Waals surface area contributed by atoms with Crippen molar-refractivity contribution in [1.29, 1.82) is 0 Å². The molecule has 1 amide bonds. The second-order valence-corrected chi connectivity index (χ2v) is 9.02. The Bertz CT molecular complexity index is 372. The molecule has 1 unspecified atom stereocenters. The van der Waals surface area contributed by atoms with Gasteiger partial charge in [-0.2, -0.15) is 0 Å². The van der Waals surface area contributed by atoms with E-state index < -0.39 is 0 Å². The lowest BCUT2D eigenvalue weighted by Crippen LogP contribution is -2.53. The molecule has 1 rings (SSSR count). The summed E-state index contributed by atoms with van der Waals surface area (Å²) >= 11 is 0. The topological polar surface area (TPSA) is 23.6 Å². The molecule has 1 saturated heterocycles. The Kier molecular flexibility index (Phi) is 15.7. The smallest absolute Gasteiger partial charge is 0.222 e. The molecule has 3 nitrogen and oxygen atoms in total. The number of hydrogen-bond donors (Lipinski definition) is 0. The highest BCUT2D eigenvalue weighted by Gasteiger charge is 2.24. The summed E-state index contributed by atoms with van der Waals surface area (Å²) in [6.07, 6.45) is 21.4. The molecular weight excluding hydrogens is 344 g/mol. The van der Waals surface area contributed by atoms with E-state index in [1.54, 1.807) is 0 Å². The van der Waals surface area contributed by atoms with Crippen molar-refractivity contribution in [3.8, 4) is 0 Å². The Morgan fingerprint density at radius 2 is 1.18 bits per heavy atom. The molecule has 1 heterocycles. The average Bonchev–Trinajstić information content (AvgIpc) is 2.70. The lowest BCUT2D eigenvalue weighted by Gasteiger charge is -2.39. The van der Waals surface area contributed by atoms with E-state index in [0.29, 0.717) is 11.9 Å². The quantitative estimate of drug-likeness (QED) is 0.253. The number of rotatable bonds is 17. The maximum atomic E-state index is 12.4. The molecule has 1 fully saturated rings. The van der Waals surface area contributed by atoms with Crippen LogP contribution in [0.3, 0.4) is 0 Å². The first-order chi connectivity index (χ1) is 13.7. The van der Waals surface area contributed by atoms with Crippen molar-refractivity contribution in [2.45, 2.75) is 130 Å². The molecule has 0 bridgehead atoms. The summed E-state index contributed by atoms with van der Waals surface area (Å²) in [5.41, 5.74) is 0. The van der Waals surface area contributed by atoms with Crippen molar-refractivity contribution < 1.29 is 4.79 Å². The molecule has 1 atom stereocenters. The predicted octanol–water partition coefficient (Wildman–Crippen LogP) is 6.80. The van der Waals surface area contributed by atoms with Crippen molar-refractivity contribution in [1.82, 2.24) is 9.80 Å². The minimum atomic E-state index is 0.386. The van der Waals surface area contributed by atoms with E-state index in [0.717, 1.165) is 39.0 Å². The van der Waals surface area contributed by atoms with E-state index in [4.69, 9.17) is 0 Å². The van der Waals surface area contributed by atoms with E-state index in [1.807, 2.05) is 0 Å². The summed E-state index contributed by atoms with van der Waals surface area (Å²) in [5, 5.41) is 0. The highest BCUT2D eigenvalue weighted by molar-refractivity contribution is 5.76. The zero-order chi connectivity index (χ0) is 20.5. The monoisotopic (exact) mass is 394 g/mol. The zero-order valence-electron chi connectivity index (χ0n) is 19.5. The second kappa shape index (κ2) is 17.3. The zero-order valence-corrected chi connectivity index (χ0v) is 19.5. The van der Waals surface area contributed by atoms with Crippen LogP contribution in [0.4, 0.5) is 0 Å². The van der Waals surface area contributed by atoms with Crippen LogP contribution in [-0.2, 0) is 4.79 Å². The molecule has 166 valence electrons. The van der Waals surface area contributed by atoms with Crippen molar-refractivity contribution >= 4 is 5.91 Å². The van der Waals surface area contributed by atoms with Crippen molar-refractivity contribution in [2.75, 3.05) is 26.2 Å². The number of piperazine rings is 1. The molecular formula is C25H50N2O. The molecule has 0 aromatic heterocycles. The third-order valence-corrected chi connectivity index (χ3v) is 6.52. The average molecular weight is 395 g/mol. The Hall–Kier alpha value is -0.570. The number of hydrogen-bond acceptors (Lipinski definition) is 2. The van der Waals surface area contributed by atoms with Gasteiger partial charge >= 0.3 is 0 Å². The molecule has 0 aliphatic carbocycles. The molecule has 0 aromatic rings. The number of unbranched alkanes of at least 4 members (excludes halogenated alkanes) is 14. The highest BCUT2D eigenvalue weighted by atomic mass is 16.2. The van der Waals surface area contributed by atoms with E-state index >= 15 is 0 Å². The van der Waals surface area contributed by atoms with Gasteiger partial charge < -0.3 is 4.90 Å². The van der Waals surface area contributed by atoms with Gasteiger partial charge in [-0.25, -0.2) is 0 Å². The third kappa shape index (κ3) is 12.1. The SMILES string of the molecule is CCCCCCCCCCCCCCCCCC(=O)N1CCN(CC)C(C)C1. The fourth-order valence-electron chi connectivity index (χ4n) is 4.50. The standard InChI is InChI=1S/C25H50N2O/c1-4-6-7-8-9-10-11-12-13-14-15-16-17-18-19-20-25(28)27-22-21-26(5-2)24(3)23-27/h24H,4-23H2,1-3H3. The van der Waals surface area contributed by atoms with Gasteiger partial charge in [-0.3, -0.25) is 9.69 Å². The molecule has 1 aliphatic rings. The van der Waals surface area contributed by atoms with Gasteiger partial charge in [-0.15, -0.1) is 0 Å². The van der Waals surface area contributed by atoms with Crippen LogP contribution >= 0.6 is 0 Å². The first-order valence-corrected chi connectivity index (χ1v) is 12.7. The van der Waals surface area contributed by atoms with Crippen LogP contribution in [0.15, 0.2) is 0 Å². The van der Waals surface area contributed by atoms with Crippen LogP contribution in [0.1, 0.15) is 124 Å². The fourth-order valence-corrected chi connectivity index (χ4v) is 4.50. The number of likely N-dealkylation sites (N-methyl/N-ethyl adjacent to an activating group) is 1. The van der Waals surface area contributed by atoms with Crippen LogP contribution < -0.4 is 0 Å². The molecule has 0 N–H and O–H groups in total. The summed E-state index contributed by atoms with van der Waals surface area (Å²) in [6.45, 7) is 10.7. The lowest BCUT2D eigenvalue weighted by molar-refractivity contribution is -0.134. The maximum Gasteiger partial charge on any atom is 0.222 e. The molecule has 0 spiro atoms. The summed E-state index contributed by atoms with van der Waals surface area (Å²) < 4.78 is 0. The van der Waals surface area contributed by atoms with Crippen LogP contribution in [-0.4, -0.2) is 47.9 Å². The summed E-state index contributed by atoms with van der Waals surface area (Å²) in [6, 6.07) is 0.517. The largest absolute Gasteiger partial charge is 0.340 e. The van der Waals surface area contributed by atoms with E-state index in [1.165, 1.54) is 89.9 Å². The first kappa shape index (κ1) is 25.5. The Balaban J connectivity index is 1.83. The van der Waals surface area contributed by atoms with Crippen LogP contribution in [0.25, 0.3) is 0 Å². The molecule has 3 heteroatoms. The van der Waals surface area contributed by atoms with Gasteiger partial charge in [0.15, 0.2) is 0 Å². The Morgan fingerprint density at radius 1 is 0.714 bits per heavy atom. The third-order valence-electron chi connectivity index (χ3n) is 6.52. The first-order valence-electron chi connectivity index (χ1n) is 12.7. The number of carbonyl (C=O) groups is 1. The van der Waals surface area contributed by atoms with Gasteiger partial charge in [-0.1, -0.05) is 104 Å². The Morgan fingerprint density at radius 3 is 1.61 bits per heavy atom. The fraction of sp³-hybridized carbons (Fsp3) is 0.960. The van der Waals surface area contributed by atoms with E-state index in [-0.39, 0.29) is 0 Å². The second-order valence-electron chi connectivity index (χ2n) is 9.02. The maximum absolute atomic E-state index is 12.4. The van der Waals surface area contributed by atoms with Gasteiger partial charge in [0.05, 0.1) is 0 Å². The van der Waals surface area contributed by atoms with Crippen molar-refractivity contribution in [3.63, 3.8) is 0 Å². The lowest BCUT2D eigenvalue weighted by atomic mass is 10.0. The number of nitrogens with zero attached hydrogens (tertiary/aromatic N) is 2. The van der Waals surface area contributed by atoms with Gasteiger partial charge in [0.25, 0.3) is 0 Å². The van der Waals surface area contributed by atoms with Gasteiger partial charge in [0, 0.05) is 32.1 Å². The van der Waals surface area contributed by atoms with Gasteiger partial charge in [-0.05, 0) is 19.9 Å². The van der Waals surface area contributed by atoms with Crippen LogP contribution in [0.2, 0.25) is 0 Å². The normalized spacial score (nSPS) is 18.0. The number of carbonyl (C=O) groups excluding carboxylic acids is 1. The minimum absolute atomic E-state index is 0.386. The molecule has 0 saturated carbocycles. The molecule has 0 radical (unpaired) electrons. The Labute approximate surface area is 176 Å². The van der Waals surface area contributed by atoms with E-state index in [9.17, 15) is 4.79 Å². The molecule has 28 heavy (non-hydrogen) atoms. The minimum Gasteiger partial charge on any atom is -0.340 e. The molecule has 0 aromatic carbocycles. The summed E-state index contributed by atoms with van der Waals surface area (Å²) in [7, 11) is 0. The van der Waals surface area contributed by atoms with Crippen molar-refractivity contribution in [2.24, 2.45) is 0 Å². The van der Waals surface area contributed by atoms with Gasteiger partial charge in [0.2, 0.25) is 5.91 Å². The number of amides is 1. The van der Waals surface area contributed by atoms with Gasteiger partial charge in [0.1, 0.15) is 0 Å². The predicted molar refractivity (Wildman–Crippen MR) is 123 cm³/mol. The highest BCUT2D eigenvalue weighted by Crippen LogP contribution is 2.15. The van der Waals surface area contributed by atoms with Crippen LogP contribution in [0.5, 0.6) is 0 Å². The van der Waals surface area contributed by atoms with Crippen LogP contribution in [0, 0.1) is 0 Å². The molecule has 1 aliphatic heterocycles. The van der Waals surface area contributed by atoms with E-state index in [2.05, 4.69) is 30.6 Å². The summed E-state index contributed by atoms with van der Waals surface area (Å²) in [4.78, 5) is 16.9. The summed E-state index contributed by atoms with van der Waals surface area (Å²) in [5.74, 6) is 0.386. The van der Waals surface area contributed by atoms with Crippen molar-refractivity contribution in [3.05, 3.63) is 0 Å².